The molecule has 0 aliphatic carbocycles. The summed E-state index contributed by atoms with van der Waals surface area (Å²) >= 11 is 0. The molecule has 2 aromatic rings. The quantitative estimate of drug-likeness (QED) is 0.482. The van der Waals surface area contributed by atoms with Crippen LogP contribution in [0.3, 0.4) is 0 Å². The number of hydrogen-bond donors (Lipinski definition) is 0. The Labute approximate surface area is 176 Å². The molecule has 0 bridgehead atoms. The van der Waals surface area contributed by atoms with Crippen molar-refractivity contribution in [3.8, 4) is 0 Å². The third kappa shape index (κ3) is 4.15. The van der Waals surface area contributed by atoms with Crippen LogP contribution in [-0.2, 0) is 0 Å². The van der Waals surface area contributed by atoms with Crippen LogP contribution < -0.4 is 24.0 Å². The smallest absolute Gasteiger partial charge is 0.0991 e. The molecule has 142 valence electrons. The third-order valence-corrected chi connectivity index (χ3v) is 6.43. The van der Waals surface area contributed by atoms with Crippen LogP contribution in [-0.4, -0.2) is 47.6 Å². The van der Waals surface area contributed by atoms with Gasteiger partial charge in [0.1, 0.15) is 0 Å². The van der Waals surface area contributed by atoms with Crippen LogP contribution in [0.15, 0.2) is 60.7 Å². The molecule has 0 N–H and O–H groups in total. The summed E-state index contributed by atoms with van der Waals surface area (Å²) in [4.78, 5) is 2.73. The van der Waals surface area contributed by atoms with Gasteiger partial charge < -0.3 is 28.5 Å². The lowest BCUT2D eigenvalue weighted by molar-refractivity contribution is -0.953. The van der Waals surface area contributed by atoms with Gasteiger partial charge in [0.05, 0.1) is 44.3 Å². The number of benzene rings is 2. The van der Waals surface area contributed by atoms with Gasteiger partial charge in [0.15, 0.2) is 0 Å². The van der Waals surface area contributed by atoms with Crippen LogP contribution in [0, 0.1) is 0 Å². The Morgan fingerprint density at radius 1 is 0.885 bits per heavy atom. The van der Waals surface area contributed by atoms with Crippen molar-refractivity contribution in [2.24, 2.45) is 0 Å². The van der Waals surface area contributed by atoms with E-state index in [0.29, 0.717) is 18.1 Å². The highest BCUT2D eigenvalue weighted by Crippen LogP contribution is 2.35. The molecule has 3 heteroatoms. The first kappa shape index (κ1) is 21.4. The molecule has 2 atom stereocenters. The molecule has 1 aliphatic rings. The number of nitrogens with zero attached hydrogens (tertiary/aromatic N) is 2. The monoisotopic (exact) mass is 464 g/mol. The Hall–Kier alpha value is -0.910. The van der Waals surface area contributed by atoms with Crippen molar-refractivity contribution < 1.29 is 28.5 Å². The lowest BCUT2D eigenvalue weighted by atomic mass is 9.92. The second kappa shape index (κ2) is 9.34. The van der Waals surface area contributed by atoms with E-state index in [0.717, 1.165) is 6.54 Å². The van der Waals surface area contributed by atoms with Crippen molar-refractivity contribution in [3.05, 3.63) is 71.8 Å². The number of quaternary nitrogens is 1. The van der Waals surface area contributed by atoms with Crippen LogP contribution in [0.1, 0.15) is 44.9 Å². The second-order valence-corrected chi connectivity index (χ2v) is 7.65. The van der Waals surface area contributed by atoms with Crippen LogP contribution in [0.4, 0.5) is 0 Å². The van der Waals surface area contributed by atoms with E-state index < -0.39 is 0 Å². The fraction of sp³-hybridized carbons (Fsp3) is 0.478. The van der Waals surface area contributed by atoms with E-state index in [1.807, 2.05) is 0 Å². The number of piperazine rings is 1. The number of likely N-dealkylation sites (N-methyl/N-ethyl adjacent to an activating group) is 1. The van der Waals surface area contributed by atoms with Crippen molar-refractivity contribution >= 4 is 0 Å². The normalized spacial score (nSPS) is 22.8. The van der Waals surface area contributed by atoms with E-state index in [1.165, 1.54) is 35.2 Å². The topological polar surface area (TPSA) is 3.24 Å². The van der Waals surface area contributed by atoms with Gasteiger partial charge in [0.2, 0.25) is 0 Å². The highest BCUT2D eigenvalue weighted by Gasteiger charge is 2.43. The van der Waals surface area contributed by atoms with Crippen LogP contribution >= 0.6 is 0 Å². The lowest BCUT2D eigenvalue weighted by Crippen LogP contribution is -3.00. The highest BCUT2D eigenvalue weighted by atomic mass is 127. The first-order valence-electron chi connectivity index (χ1n) is 9.82. The molecular weight excluding hydrogens is 431 g/mol. The summed E-state index contributed by atoms with van der Waals surface area (Å²) in [5.41, 5.74) is 2.81. The second-order valence-electron chi connectivity index (χ2n) is 7.65. The molecule has 0 amide bonds. The van der Waals surface area contributed by atoms with E-state index in [-0.39, 0.29) is 24.0 Å². The molecule has 0 radical (unpaired) electrons. The number of halogens is 1. The summed E-state index contributed by atoms with van der Waals surface area (Å²) < 4.78 is 1.24. The molecule has 1 aliphatic heterocycles. The predicted octanol–water partition coefficient (Wildman–Crippen LogP) is 1.73. The van der Waals surface area contributed by atoms with Crippen molar-refractivity contribution in [1.82, 2.24) is 4.90 Å². The largest absolute Gasteiger partial charge is 1.00 e. The molecule has 0 aromatic heterocycles. The van der Waals surface area contributed by atoms with Crippen LogP contribution in [0.25, 0.3) is 0 Å². The zero-order valence-corrected chi connectivity index (χ0v) is 18.8. The molecule has 1 fully saturated rings. The molecule has 0 spiro atoms. The van der Waals surface area contributed by atoms with Gasteiger partial charge in [-0.25, -0.2) is 0 Å². The van der Waals surface area contributed by atoms with Crippen LogP contribution in [0.5, 0.6) is 0 Å². The zero-order valence-electron chi connectivity index (χ0n) is 16.6. The van der Waals surface area contributed by atoms with Gasteiger partial charge >= 0.3 is 0 Å². The standard InChI is InChI=1S/C23H33N2.HI/c1-5-25(6-2)18-19(3)24(17-20(25)4)23(21-13-9-7-10-14-21)22-15-11-8-12-16-22;/h7-16,19-20,23H,5-6,17-18H2,1-4H3;1H/q+1;/p-1/t19-,20+;/m0./s1. The molecular formula is C23H33IN2. The van der Waals surface area contributed by atoms with E-state index in [2.05, 4.69) is 93.3 Å². The molecule has 0 unspecified atom stereocenters. The predicted molar refractivity (Wildman–Crippen MR) is 107 cm³/mol. The molecule has 1 saturated heterocycles. The maximum absolute atomic E-state index is 2.73. The summed E-state index contributed by atoms with van der Waals surface area (Å²) in [5, 5.41) is 0. The number of hydrogen-bond acceptors (Lipinski definition) is 1. The van der Waals surface area contributed by atoms with Crippen molar-refractivity contribution in [3.63, 3.8) is 0 Å². The van der Waals surface area contributed by atoms with Gasteiger partial charge in [-0.1, -0.05) is 60.7 Å². The average Bonchev–Trinajstić information content (AvgIpc) is 2.66. The fourth-order valence-corrected chi connectivity index (χ4v) is 4.78. The Balaban J connectivity index is 0.00000243. The van der Waals surface area contributed by atoms with Crippen molar-refractivity contribution in [2.45, 2.75) is 45.8 Å². The van der Waals surface area contributed by atoms with E-state index in [4.69, 9.17) is 0 Å². The van der Waals surface area contributed by atoms with E-state index in [9.17, 15) is 0 Å². The van der Waals surface area contributed by atoms with E-state index in [1.54, 1.807) is 0 Å². The molecule has 3 rings (SSSR count). The molecule has 26 heavy (non-hydrogen) atoms. The summed E-state index contributed by atoms with van der Waals surface area (Å²) in [7, 11) is 0. The average molecular weight is 464 g/mol. The number of rotatable bonds is 5. The highest BCUT2D eigenvalue weighted by molar-refractivity contribution is 5.32. The Morgan fingerprint density at radius 2 is 1.35 bits per heavy atom. The lowest BCUT2D eigenvalue weighted by Gasteiger charge is -2.53. The Bertz CT molecular complexity index is 615. The molecule has 0 saturated carbocycles. The third-order valence-electron chi connectivity index (χ3n) is 6.43. The van der Waals surface area contributed by atoms with Gasteiger partial charge in [-0.3, -0.25) is 4.90 Å². The molecule has 2 aromatic carbocycles. The first-order chi connectivity index (χ1) is 12.1. The minimum Gasteiger partial charge on any atom is -1.00 e. The van der Waals surface area contributed by atoms with Gasteiger partial charge in [-0.2, -0.15) is 0 Å². The van der Waals surface area contributed by atoms with Gasteiger partial charge in [0, 0.05) is 0 Å². The fourth-order valence-electron chi connectivity index (χ4n) is 4.78. The van der Waals surface area contributed by atoms with Crippen LogP contribution in [0.2, 0.25) is 0 Å². The zero-order chi connectivity index (χ0) is 17.9. The minimum atomic E-state index is 0. The van der Waals surface area contributed by atoms with Gasteiger partial charge in [-0.05, 0) is 38.8 Å². The first-order valence-corrected chi connectivity index (χ1v) is 9.82. The van der Waals surface area contributed by atoms with Crippen molar-refractivity contribution in [2.75, 3.05) is 26.2 Å². The SMILES string of the molecule is CC[N+]1(CC)C[C@H](C)N(C(c2ccccc2)c2ccccc2)C[C@H]1C.[I-]. The van der Waals surface area contributed by atoms with E-state index >= 15 is 0 Å². The Morgan fingerprint density at radius 3 is 1.77 bits per heavy atom. The summed E-state index contributed by atoms with van der Waals surface area (Å²) in [6.45, 7) is 14.4. The summed E-state index contributed by atoms with van der Waals surface area (Å²) in [5.74, 6) is 0. The Kier molecular flexibility index (Phi) is 7.68. The molecule has 2 nitrogen and oxygen atoms in total. The van der Waals surface area contributed by atoms with Crippen molar-refractivity contribution in [1.29, 1.82) is 0 Å². The maximum atomic E-state index is 2.73. The maximum Gasteiger partial charge on any atom is 0.0991 e. The summed E-state index contributed by atoms with van der Waals surface area (Å²) in [6.07, 6.45) is 0. The van der Waals surface area contributed by atoms with Gasteiger partial charge in [0.25, 0.3) is 0 Å². The van der Waals surface area contributed by atoms with Gasteiger partial charge in [-0.15, -0.1) is 0 Å². The molecule has 1 heterocycles. The minimum absolute atomic E-state index is 0. The summed E-state index contributed by atoms with van der Waals surface area (Å²) in [6, 6.07) is 23.6.